The number of carbonyl (C=O) groups is 1. The van der Waals surface area contributed by atoms with Gasteiger partial charge >= 0.3 is 0 Å². The van der Waals surface area contributed by atoms with Crippen molar-refractivity contribution in [2.45, 2.75) is 72.4 Å². The van der Waals surface area contributed by atoms with Gasteiger partial charge in [0.2, 0.25) is 5.91 Å². The number of aliphatic hydroxyl groups is 1. The zero-order valence-electron chi connectivity index (χ0n) is 18.9. The molecule has 0 aliphatic heterocycles. The average molecular weight is 396 g/mol. The predicted molar refractivity (Wildman–Crippen MR) is 123 cm³/mol. The van der Waals surface area contributed by atoms with Crippen LogP contribution in [0.3, 0.4) is 0 Å². The van der Waals surface area contributed by atoms with E-state index in [9.17, 15) is 9.90 Å². The van der Waals surface area contributed by atoms with Crippen LogP contribution < -0.4 is 5.32 Å². The van der Waals surface area contributed by atoms with Gasteiger partial charge in [0.25, 0.3) is 0 Å². The molecule has 0 spiro atoms. The summed E-state index contributed by atoms with van der Waals surface area (Å²) in [5.74, 6) is 7.37. The van der Waals surface area contributed by atoms with E-state index < -0.39 is 5.60 Å². The number of hydrogen-bond acceptors (Lipinski definition) is 2. The first-order chi connectivity index (χ1) is 13.6. The fourth-order valence-electron chi connectivity index (χ4n) is 2.64. The van der Waals surface area contributed by atoms with Crippen molar-refractivity contribution in [2.24, 2.45) is 11.8 Å². The van der Waals surface area contributed by atoms with Gasteiger partial charge in [-0.3, -0.25) is 4.79 Å². The fraction of sp³-hybridized carbons (Fsp3) is 0.500. The number of nitrogens with one attached hydrogen (secondary N) is 1. The van der Waals surface area contributed by atoms with Gasteiger partial charge in [0.05, 0.1) is 11.6 Å². The van der Waals surface area contributed by atoms with Crippen LogP contribution in [0, 0.1) is 23.7 Å². The lowest BCUT2D eigenvalue weighted by Crippen LogP contribution is -2.47. The van der Waals surface area contributed by atoms with E-state index in [1.165, 1.54) is 0 Å². The normalized spacial score (nSPS) is 21.4. The summed E-state index contributed by atoms with van der Waals surface area (Å²) in [5, 5.41) is 12.9. The van der Waals surface area contributed by atoms with Crippen molar-refractivity contribution in [1.29, 1.82) is 0 Å². The van der Waals surface area contributed by atoms with Crippen LogP contribution in [0.25, 0.3) is 0 Å². The van der Waals surface area contributed by atoms with Gasteiger partial charge in [-0.05, 0) is 51.5 Å². The van der Waals surface area contributed by atoms with Crippen LogP contribution in [0.5, 0.6) is 0 Å². The first-order valence-corrected chi connectivity index (χ1v) is 10.5. The second-order valence-corrected chi connectivity index (χ2v) is 8.46. The van der Waals surface area contributed by atoms with Crippen molar-refractivity contribution < 1.29 is 9.90 Å². The molecule has 0 heterocycles. The van der Waals surface area contributed by atoms with Gasteiger partial charge in [-0.15, -0.1) is 0 Å². The largest absolute Gasteiger partial charge is 0.388 e. The Morgan fingerprint density at radius 1 is 1.41 bits per heavy atom. The Bertz CT molecular complexity index is 763. The molecule has 2 N–H and O–H groups in total. The summed E-state index contributed by atoms with van der Waals surface area (Å²) in [6, 6.07) is -0.350. The maximum atomic E-state index is 12.6. The molecule has 158 valence electrons. The Kier molecular flexibility index (Phi) is 9.92. The molecule has 1 amide bonds. The van der Waals surface area contributed by atoms with Gasteiger partial charge in [0, 0.05) is 16.7 Å². The number of hydrogen-bond donors (Lipinski definition) is 2. The summed E-state index contributed by atoms with van der Waals surface area (Å²) >= 11 is 0. The predicted octanol–water partition coefficient (Wildman–Crippen LogP) is 5.26. The summed E-state index contributed by atoms with van der Waals surface area (Å²) in [6.07, 6.45) is 14.4. The van der Waals surface area contributed by atoms with Crippen LogP contribution >= 0.6 is 0 Å². The Balaban J connectivity index is 3.01. The van der Waals surface area contributed by atoms with Gasteiger partial charge in [-0.2, -0.15) is 0 Å². The fourth-order valence-corrected chi connectivity index (χ4v) is 2.64. The van der Waals surface area contributed by atoms with Gasteiger partial charge in [0.15, 0.2) is 0 Å². The first kappa shape index (κ1) is 24.7. The standard InChI is InChI=1S/C26H37NO2/c1-8-10-24(25(28)27-21(5)26(6,7)29)18-17-22(9-2)15-16-23-13-11-19(3)20(4)12-14-23/h9,11,13-14,17-21,29H,2,8,10,12H2,1,3-7H3,(H,27,28). The van der Waals surface area contributed by atoms with Gasteiger partial charge < -0.3 is 10.4 Å². The molecule has 0 aromatic rings. The van der Waals surface area contributed by atoms with Gasteiger partial charge in [-0.25, -0.2) is 0 Å². The molecule has 0 saturated carbocycles. The molecule has 0 saturated heterocycles. The van der Waals surface area contributed by atoms with Crippen LogP contribution in [0.2, 0.25) is 0 Å². The summed E-state index contributed by atoms with van der Waals surface area (Å²) < 4.78 is 0. The molecule has 0 fully saturated rings. The minimum absolute atomic E-state index is 0.161. The van der Waals surface area contributed by atoms with Crippen LogP contribution in [0.4, 0.5) is 0 Å². The monoisotopic (exact) mass is 395 g/mol. The SMILES string of the molecule is C=CC(C#CC1=CCC(C)C(C)C=C1)=CC=C(CCC)C(=O)NC(C)C(C)(C)O. The van der Waals surface area contributed by atoms with Crippen LogP contribution in [-0.2, 0) is 4.79 Å². The number of rotatable bonds is 7. The van der Waals surface area contributed by atoms with E-state index in [-0.39, 0.29) is 11.9 Å². The molecule has 0 radical (unpaired) electrons. The van der Waals surface area contributed by atoms with Crippen LogP contribution in [-0.4, -0.2) is 22.7 Å². The molecule has 0 aromatic carbocycles. The summed E-state index contributed by atoms with van der Waals surface area (Å²) in [6.45, 7) is 15.5. The minimum Gasteiger partial charge on any atom is -0.388 e. The van der Waals surface area contributed by atoms with E-state index in [0.717, 1.165) is 24.0 Å². The topological polar surface area (TPSA) is 49.3 Å². The highest BCUT2D eigenvalue weighted by Gasteiger charge is 2.24. The summed E-state index contributed by atoms with van der Waals surface area (Å²) in [5.41, 5.74) is 1.47. The van der Waals surface area contributed by atoms with Crippen molar-refractivity contribution in [3.05, 3.63) is 59.8 Å². The first-order valence-electron chi connectivity index (χ1n) is 10.5. The highest BCUT2D eigenvalue weighted by atomic mass is 16.3. The molecule has 1 aliphatic carbocycles. The third-order valence-electron chi connectivity index (χ3n) is 5.44. The Morgan fingerprint density at radius 3 is 2.69 bits per heavy atom. The lowest BCUT2D eigenvalue weighted by atomic mass is 9.94. The average Bonchev–Trinajstić information content (AvgIpc) is 2.81. The molecule has 1 rings (SSSR count). The Hall–Kier alpha value is -2.31. The van der Waals surface area contributed by atoms with Gasteiger partial charge in [-0.1, -0.05) is 76.0 Å². The van der Waals surface area contributed by atoms with Crippen molar-refractivity contribution >= 4 is 5.91 Å². The number of carbonyl (C=O) groups excluding carboxylic acids is 1. The maximum absolute atomic E-state index is 12.6. The second kappa shape index (κ2) is 11.6. The lowest BCUT2D eigenvalue weighted by Gasteiger charge is -2.27. The molecule has 3 atom stereocenters. The molecule has 3 unspecified atom stereocenters. The molecule has 3 heteroatoms. The quantitative estimate of drug-likeness (QED) is 0.351. The third kappa shape index (κ3) is 8.71. The molecular weight excluding hydrogens is 358 g/mol. The van der Waals surface area contributed by atoms with Crippen molar-refractivity contribution in [1.82, 2.24) is 5.32 Å². The zero-order chi connectivity index (χ0) is 22.0. The number of allylic oxidation sites excluding steroid dienone is 8. The summed E-state index contributed by atoms with van der Waals surface area (Å²) in [4.78, 5) is 12.6. The van der Waals surface area contributed by atoms with Crippen molar-refractivity contribution in [3.8, 4) is 11.8 Å². The summed E-state index contributed by atoms with van der Waals surface area (Å²) in [7, 11) is 0. The molecule has 0 bridgehead atoms. The van der Waals surface area contributed by atoms with E-state index in [4.69, 9.17) is 0 Å². The maximum Gasteiger partial charge on any atom is 0.247 e. The van der Waals surface area contributed by atoms with Crippen molar-refractivity contribution in [2.75, 3.05) is 0 Å². The van der Waals surface area contributed by atoms with Crippen LogP contribution in [0.1, 0.15) is 60.8 Å². The van der Waals surface area contributed by atoms with E-state index in [1.807, 2.05) is 19.1 Å². The molecular formula is C26H37NO2. The van der Waals surface area contributed by atoms with E-state index in [1.54, 1.807) is 26.8 Å². The minimum atomic E-state index is -0.977. The Labute approximate surface area is 177 Å². The van der Waals surface area contributed by atoms with Gasteiger partial charge in [0.1, 0.15) is 0 Å². The van der Waals surface area contributed by atoms with E-state index >= 15 is 0 Å². The molecule has 3 nitrogen and oxygen atoms in total. The van der Waals surface area contributed by atoms with Crippen molar-refractivity contribution in [3.63, 3.8) is 0 Å². The second-order valence-electron chi connectivity index (χ2n) is 8.46. The van der Waals surface area contributed by atoms with E-state index in [2.05, 4.69) is 55.8 Å². The lowest BCUT2D eigenvalue weighted by molar-refractivity contribution is -0.119. The highest BCUT2D eigenvalue weighted by molar-refractivity contribution is 5.94. The molecule has 0 aromatic heterocycles. The Morgan fingerprint density at radius 2 is 2.10 bits per heavy atom. The molecule has 1 aliphatic rings. The highest BCUT2D eigenvalue weighted by Crippen LogP contribution is 2.22. The number of amides is 1. The zero-order valence-corrected chi connectivity index (χ0v) is 18.9. The third-order valence-corrected chi connectivity index (χ3v) is 5.44. The van der Waals surface area contributed by atoms with Crippen LogP contribution in [0.15, 0.2) is 59.8 Å². The molecule has 29 heavy (non-hydrogen) atoms. The van der Waals surface area contributed by atoms with E-state index in [0.29, 0.717) is 23.8 Å². The smallest absolute Gasteiger partial charge is 0.247 e.